The van der Waals surface area contributed by atoms with Gasteiger partial charge in [-0.05, 0) is 61.2 Å². The van der Waals surface area contributed by atoms with E-state index in [4.69, 9.17) is 11.6 Å². The molecule has 1 heterocycles. The van der Waals surface area contributed by atoms with Crippen molar-refractivity contribution in [1.82, 2.24) is 4.31 Å². The zero-order valence-electron chi connectivity index (χ0n) is 15.2. The number of Topliss-reactive ketones (excluding diaryl/α,β-unsaturated/α-hetero) is 1. The SMILES string of the molecule is CC1CCN(S(=O)(=O)c2ccc(C(=O)CNc3cccc(Cl)c3)cc2)CC1. The minimum Gasteiger partial charge on any atom is -0.378 e. The number of ketones is 1. The van der Waals surface area contributed by atoms with Gasteiger partial charge in [0.2, 0.25) is 10.0 Å². The number of piperidine rings is 1. The summed E-state index contributed by atoms with van der Waals surface area (Å²) in [4.78, 5) is 12.6. The van der Waals surface area contributed by atoms with Crippen molar-refractivity contribution in [3.8, 4) is 0 Å². The summed E-state index contributed by atoms with van der Waals surface area (Å²) in [6.45, 7) is 3.35. The van der Waals surface area contributed by atoms with E-state index in [1.165, 1.54) is 16.4 Å². The lowest BCUT2D eigenvalue weighted by Gasteiger charge is -2.29. The number of hydrogen-bond donors (Lipinski definition) is 1. The molecule has 1 N–H and O–H groups in total. The van der Waals surface area contributed by atoms with Gasteiger partial charge in [-0.3, -0.25) is 4.79 Å². The largest absolute Gasteiger partial charge is 0.378 e. The van der Waals surface area contributed by atoms with Gasteiger partial charge in [0.25, 0.3) is 0 Å². The molecule has 0 aromatic heterocycles. The van der Waals surface area contributed by atoms with Crippen LogP contribution in [0.5, 0.6) is 0 Å². The first-order chi connectivity index (χ1) is 12.9. The van der Waals surface area contributed by atoms with Gasteiger partial charge in [-0.1, -0.05) is 24.6 Å². The van der Waals surface area contributed by atoms with Gasteiger partial charge >= 0.3 is 0 Å². The van der Waals surface area contributed by atoms with Gasteiger partial charge in [-0.2, -0.15) is 4.31 Å². The Labute approximate surface area is 165 Å². The highest BCUT2D eigenvalue weighted by Crippen LogP contribution is 2.23. The van der Waals surface area contributed by atoms with Gasteiger partial charge in [0.1, 0.15) is 0 Å². The van der Waals surface area contributed by atoms with Gasteiger partial charge in [0, 0.05) is 29.4 Å². The predicted molar refractivity (Wildman–Crippen MR) is 108 cm³/mol. The summed E-state index contributed by atoms with van der Waals surface area (Å²) in [6.07, 6.45) is 1.76. The Morgan fingerprint density at radius 1 is 1.15 bits per heavy atom. The molecule has 1 saturated heterocycles. The van der Waals surface area contributed by atoms with Crippen LogP contribution in [-0.2, 0) is 10.0 Å². The second kappa shape index (κ2) is 8.42. The number of carbonyl (C=O) groups is 1. The van der Waals surface area contributed by atoms with E-state index >= 15 is 0 Å². The van der Waals surface area contributed by atoms with Crippen LogP contribution < -0.4 is 5.32 Å². The first-order valence-electron chi connectivity index (χ1n) is 8.99. The van der Waals surface area contributed by atoms with Gasteiger partial charge in [0.05, 0.1) is 11.4 Å². The molecule has 0 aliphatic carbocycles. The maximum Gasteiger partial charge on any atom is 0.243 e. The molecular weight excluding hydrogens is 384 g/mol. The van der Waals surface area contributed by atoms with E-state index < -0.39 is 10.0 Å². The third-order valence-electron chi connectivity index (χ3n) is 4.83. The van der Waals surface area contributed by atoms with Crippen molar-refractivity contribution >= 4 is 33.1 Å². The molecule has 2 aromatic carbocycles. The summed E-state index contributed by atoms with van der Waals surface area (Å²) in [5.41, 5.74) is 1.23. The molecule has 5 nitrogen and oxygen atoms in total. The maximum atomic E-state index is 12.7. The zero-order valence-corrected chi connectivity index (χ0v) is 16.8. The molecule has 2 aromatic rings. The van der Waals surface area contributed by atoms with Crippen molar-refractivity contribution in [2.24, 2.45) is 5.92 Å². The van der Waals surface area contributed by atoms with Crippen LogP contribution in [0.4, 0.5) is 5.69 Å². The van der Waals surface area contributed by atoms with Gasteiger partial charge in [-0.15, -0.1) is 0 Å². The van der Waals surface area contributed by atoms with Crippen LogP contribution in [-0.4, -0.2) is 38.1 Å². The summed E-state index contributed by atoms with van der Waals surface area (Å²) in [6, 6.07) is 13.3. The molecule has 0 atom stereocenters. The van der Waals surface area contributed by atoms with E-state index in [-0.39, 0.29) is 17.2 Å². The Morgan fingerprint density at radius 2 is 1.81 bits per heavy atom. The number of nitrogens with one attached hydrogen (secondary N) is 1. The van der Waals surface area contributed by atoms with Crippen LogP contribution in [0, 0.1) is 5.92 Å². The predicted octanol–water partition coefficient (Wildman–Crippen LogP) is 4.06. The molecule has 3 rings (SSSR count). The van der Waals surface area contributed by atoms with Crippen LogP contribution in [0.1, 0.15) is 30.1 Å². The van der Waals surface area contributed by atoms with Crippen molar-refractivity contribution in [3.63, 3.8) is 0 Å². The number of halogens is 1. The van der Waals surface area contributed by atoms with Crippen molar-refractivity contribution < 1.29 is 13.2 Å². The minimum atomic E-state index is -3.50. The van der Waals surface area contributed by atoms with E-state index in [9.17, 15) is 13.2 Å². The summed E-state index contributed by atoms with van der Waals surface area (Å²) in [7, 11) is -3.50. The molecule has 0 saturated carbocycles. The molecule has 144 valence electrons. The second-order valence-corrected chi connectivity index (χ2v) is 9.27. The molecule has 0 unspecified atom stereocenters. The molecule has 27 heavy (non-hydrogen) atoms. The average Bonchev–Trinajstić information content (AvgIpc) is 2.66. The van der Waals surface area contributed by atoms with Crippen molar-refractivity contribution in [2.45, 2.75) is 24.7 Å². The minimum absolute atomic E-state index is 0.108. The average molecular weight is 407 g/mol. The lowest BCUT2D eigenvalue weighted by atomic mass is 10.0. The first kappa shape index (κ1) is 19.9. The van der Waals surface area contributed by atoms with E-state index in [2.05, 4.69) is 12.2 Å². The maximum absolute atomic E-state index is 12.7. The highest BCUT2D eigenvalue weighted by Gasteiger charge is 2.28. The number of nitrogens with zero attached hydrogens (tertiary/aromatic N) is 1. The molecule has 7 heteroatoms. The molecule has 0 radical (unpaired) electrons. The molecule has 1 fully saturated rings. The molecular formula is C20H23ClN2O3S. The Bertz CT molecular complexity index is 905. The third kappa shape index (κ3) is 4.89. The topological polar surface area (TPSA) is 66.5 Å². The quantitative estimate of drug-likeness (QED) is 0.735. The Kier molecular flexibility index (Phi) is 6.19. The molecule has 1 aliphatic heterocycles. The lowest BCUT2D eigenvalue weighted by molar-refractivity contribution is 0.101. The van der Waals surface area contributed by atoms with Crippen LogP contribution in [0.15, 0.2) is 53.4 Å². The van der Waals surface area contributed by atoms with E-state index in [1.807, 2.05) is 6.07 Å². The van der Waals surface area contributed by atoms with Crippen molar-refractivity contribution in [1.29, 1.82) is 0 Å². The van der Waals surface area contributed by atoms with Gasteiger partial charge < -0.3 is 5.32 Å². The Balaban J connectivity index is 1.64. The monoisotopic (exact) mass is 406 g/mol. The second-order valence-electron chi connectivity index (χ2n) is 6.90. The normalized spacial score (nSPS) is 16.2. The first-order valence-corrected chi connectivity index (χ1v) is 10.8. The molecule has 0 bridgehead atoms. The van der Waals surface area contributed by atoms with Crippen LogP contribution in [0.3, 0.4) is 0 Å². The van der Waals surface area contributed by atoms with E-state index in [0.717, 1.165) is 18.5 Å². The summed E-state index contributed by atoms with van der Waals surface area (Å²) >= 11 is 5.92. The van der Waals surface area contributed by atoms with E-state index in [0.29, 0.717) is 29.6 Å². The van der Waals surface area contributed by atoms with Crippen LogP contribution in [0.25, 0.3) is 0 Å². The summed E-state index contributed by atoms with van der Waals surface area (Å²) < 4.78 is 27.0. The summed E-state index contributed by atoms with van der Waals surface area (Å²) in [5, 5.41) is 3.62. The fraction of sp³-hybridized carbons (Fsp3) is 0.350. The fourth-order valence-corrected chi connectivity index (χ4v) is 4.73. The Hall–Kier alpha value is -1.89. The highest BCUT2D eigenvalue weighted by molar-refractivity contribution is 7.89. The van der Waals surface area contributed by atoms with Gasteiger partial charge in [-0.25, -0.2) is 8.42 Å². The zero-order chi connectivity index (χ0) is 19.4. The highest BCUT2D eigenvalue weighted by atomic mass is 35.5. The fourth-order valence-electron chi connectivity index (χ4n) is 3.07. The molecule has 1 aliphatic rings. The molecule has 0 spiro atoms. The number of rotatable bonds is 6. The number of hydrogen-bond acceptors (Lipinski definition) is 4. The number of carbonyl (C=O) groups excluding carboxylic acids is 1. The standard InChI is InChI=1S/C20H23ClN2O3S/c1-15-9-11-23(12-10-15)27(25,26)19-7-5-16(6-8-19)20(24)14-22-18-4-2-3-17(21)13-18/h2-8,13,15,22H,9-12,14H2,1H3. The number of sulfonamides is 1. The van der Waals surface area contributed by atoms with Crippen molar-refractivity contribution in [2.75, 3.05) is 25.0 Å². The third-order valence-corrected chi connectivity index (χ3v) is 6.98. The van der Waals surface area contributed by atoms with Gasteiger partial charge in [0.15, 0.2) is 5.78 Å². The smallest absolute Gasteiger partial charge is 0.243 e. The number of benzene rings is 2. The summed E-state index contributed by atoms with van der Waals surface area (Å²) in [5.74, 6) is 0.439. The molecule has 0 amide bonds. The lowest BCUT2D eigenvalue weighted by Crippen LogP contribution is -2.37. The van der Waals surface area contributed by atoms with E-state index in [1.54, 1.807) is 30.3 Å². The van der Waals surface area contributed by atoms with Crippen LogP contribution in [0.2, 0.25) is 5.02 Å². The number of anilines is 1. The van der Waals surface area contributed by atoms with Crippen LogP contribution >= 0.6 is 11.6 Å². The van der Waals surface area contributed by atoms with Crippen molar-refractivity contribution in [3.05, 3.63) is 59.1 Å². The Morgan fingerprint density at radius 3 is 2.44 bits per heavy atom.